The molecule has 0 amide bonds. The van der Waals surface area contributed by atoms with Gasteiger partial charge in [0.1, 0.15) is 0 Å². The summed E-state index contributed by atoms with van der Waals surface area (Å²) < 4.78 is 0. The van der Waals surface area contributed by atoms with Crippen molar-refractivity contribution >= 4 is 29.9 Å². The molecule has 0 aromatic rings. The molecule has 21 heavy (non-hydrogen) atoms. The molecule has 5 heteroatoms. The van der Waals surface area contributed by atoms with Crippen LogP contribution in [0.25, 0.3) is 0 Å². The molecule has 0 radical (unpaired) electrons. The zero-order valence-corrected chi connectivity index (χ0v) is 16.3. The second kappa shape index (κ2) is 9.18. The summed E-state index contributed by atoms with van der Waals surface area (Å²) in [7, 11) is 4.09. The van der Waals surface area contributed by atoms with Crippen molar-refractivity contribution in [2.24, 2.45) is 16.3 Å². The lowest BCUT2D eigenvalue weighted by atomic mass is 9.67. The van der Waals surface area contributed by atoms with Gasteiger partial charge >= 0.3 is 0 Å². The lowest BCUT2D eigenvalue weighted by Gasteiger charge is -2.41. The van der Waals surface area contributed by atoms with E-state index in [1.165, 1.54) is 51.6 Å². The Labute approximate surface area is 147 Å². The van der Waals surface area contributed by atoms with E-state index in [2.05, 4.69) is 34.5 Å². The normalized spacial score (nSPS) is 23.1. The van der Waals surface area contributed by atoms with Crippen LogP contribution in [-0.4, -0.2) is 51.1 Å². The predicted octanol–water partition coefficient (Wildman–Crippen LogP) is 2.69. The minimum atomic E-state index is 0. The van der Waals surface area contributed by atoms with E-state index in [4.69, 9.17) is 0 Å². The third-order valence-corrected chi connectivity index (χ3v) is 5.41. The SMILES string of the molecule is CCC1(CNC(=NC)NCC2CCN(C)CC2)CCC1.I. The Balaban J connectivity index is 0.00000220. The van der Waals surface area contributed by atoms with E-state index in [0.717, 1.165) is 25.0 Å². The summed E-state index contributed by atoms with van der Waals surface area (Å²) >= 11 is 0. The Kier molecular flexibility index (Phi) is 8.31. The van der Waals surface area contributed by atoms with Gasteiger partial charge in [-0.15, -0.1) is 24.0 Å². The van der Waals surface area contributed by atoms with Crippen molar-refractivity contribution in [2.75, 3.05) is 40.3 Å². The highest BCUT2D eigenvalue weighted by Crippen LogP contribution is 2.42. The summed E-state index contributed by atoms with van der Waals surface area (Å²) in [6.07, 6.45) is 8.05. The number of nitrogens with one attached hydrogen (secondary N) is 2. The number of rotatable bonds is 5. The van der Waals surface area contributed by atoms with E-state index in [1.54, 1.807) is 0 Å². The van der Waals surface area contributed by atoms with E-state index < -0.39 is 0 Å². The van der Waals surface area contributed by atoms with Gasteiger partial charge in [-0.3, -0.25) is 4.99 Å². The number of hydrogen-bond donors (Lipinski definition) is 2. The van der Waals surface area contributed by atoms with Crippen molar-refractivity contribution < 1.29 is 0 Å². The summed E-state index contributed by atoms with van der Waals surface area (Å²) in [4.78, 5) is 6.79. The third kappa shape index (κ3) is 5.58. The van der Waals surface area contributed by atoms with Crippen molar-refractivity contribution in [3.8, 4) is 0 Å². The quantitative estimate of drug-likeness (QED) is 0.418. The van der Waals surface area contributed by atoms with Gasteiger partial charge in [0.05, 0.1) is 0 Å². The van der Waals surface area contributed by atoms with Crippen LogP contribution in [0.15, 0.2) is 4.99 Å². The topological polar surface area (TPSA) is 39.7 Å². The van der Waals surface area contributed by atoms with Gasteiger partial charge in [-0.05, 0) is 63.6 Å². The molecule has 0 aromatic heterocycles. The van der Waals surface area contributed by atoms with Crippen LogP contribution in [0.5, 0.6) is 0 Å². The third-order valence-electron chi connectivity index (χ3n) is 5.41. The summed E-state index contributed by atoms with van der Waals surface area (Å²) in [6.45, 7) is 6.92. The Hall–Kier alpha value is -0.0400. The Morgan fingerprint density at radius 1 is 1.24 bits per heavy atom. The molecule has 0 unspecified atom stereocenters. The smallest absolute Gasteiger partial charge is 0.191 e. The molecule has 0 aromatic carbocycles. The van der Waals surface area contributed by atoms with E-state index in [1.807, 2.05) is 7.05 Å². The number of aliphatic imine (C=N–C) groups is 1. The molecular weight excluding hydrogens is 375 g/mol. The minimum absolute atomic E-state index is 0. The highest BCUT2D eigenvalue weighted by atomic mass is 127. The number of piperidine rings is 1. The minimum Gasteiger partial charge on any atom is -0.356 e. The number of hydrogen-bond acceptors (Lipinski definition) is 2. The molecule has 2 N–H and O–H groups in total. The highest BCUT2D eigenvalue weighted by molar-refractivity contribution is 14.0. The van der Waals surface area contributed by atoms with Crippen LogP contribution in [0.1, 0.15) is 45.4 Å². The van der Waals surface area contributed by atoms with E-state index >= 15 is 0 Å². The summed E-state index contributed by atoms with van der Waals surface area (Å²) in [5.74, 6) is 1.79. The molecule has 2 aliphatic rings. The van der Waals surface area contributed by atoms with E-state index in [0.29, 0.717) is 5.41 Å². The van der Waals surface area contributed by atoms with Crippen LogP contribution in [0.2, 0.25) is 0 Å². The van der Waals surface area contributed by atoms with Crippen LogP contribution in [-0.2, 0) is 0 Å². The predicted molar refractivity (Wildman–Crippen MR) is 102 cm³/mol. The molecule has 1 aliphatic heterocycles. The first kappa shape index (κ1) is 19.0. The van der Waals surface area contributed by atoms with Crippen LogP contribution in [0, 0.1) is 11.3 Å². The standard InChI is InChI=1S/C16H32N4.HI/c1-4-16(8-5-9-16)13-19-15(17-2)18-12-14-6-10-20(3)11-7-14;/h14H,4-13H2,1-3H3,(H2,17,18,19);1H. The zero-order chi connectivity index (χ0) is 14.4. The van der Waals surface area contributed by atoms with Crippen LogP contribution >= 0.6 is 24.0 Å². The van der Waals surface area contributed by atoms with E-state index in [9.17, 15) is 0 Å². The Morgan fingerprint density at radius 2 is 1.90 bits per heavy atom. The van der Waals surface area contributed by atoms with Crippen molar-refractivity contribution in [3.05, 3.63) is 0 Å². The molecule has 1 heterocycles. The number of guanidine groups is 1. The zero-order valence-electron chi connectivity index (χ0n) is 14.0. The van der Waals surface area contributed by atoms with Crippen molar-refractivity contribution in [1.29, 1.82) is 0 Å². The van der Waals surface area contributed by atoms with Gasteiger partial charge in [0.2, 0.25) is 0 Å². The molecule has 2 fully saturated rings. The lowest BCUT2D eigenvalue weighted by molar-refractivity contribution is 0.131. The van der Waals surface area contributed by atoms with Crippen LogP contribution < -0.4 is 10.6 Å². The summed E-state index contributed by atoms with van der Waals surface area (Å²) in [5, 5.41) is 7.06. The fourth-order valence-corrected chi connectivity index (χ4v) is 3.33. The molecule has 0 spiro atoms. The largest absolute Gasteiger partial charge is 0.356 e. The molecule has 0 atom stereocenters. The summed E-state index contributed by atoms with van der Waals surface area (Å²) in [6, 6.07) is 0. The second-order valence-corrected chi connectivity index (χ2v) is 6.76. The first-order chi connectivity index (χ1) is 9.67. The monoisotopic (exact) mass is 408 g/mol. The molecule has 4 nitrogen and oxygen atoms in total. The van der Waals surface area contributed by atoms with Gasteiger partial charge in [-0.2, -0.15) is 0 Å². The van der Waals surface area contributed by atoms with Gasteiger partial charge < -0.3 is 15.5 Å². The molecule has 1 aliphatic carbocycles. The second-order valence-electron chi connectivity index (χ2n) is 6.76. The maximum Gasteiger partial charge on any atom is 0.191 e. The Bertz CT molecular complexity index is 315. The maximum atomic E-state index is 4.37. The van der Waals surface area contributed by atoms with Crippen molar-refractivity contribution in [3.63, 3.8) is 0 Å². The van der Waals surface area contributed by atoms with Gasteiger partial charge in [-0.1, -0.05) is 13.3 Å². The van der Waals surface area contributed by atoms with Gasteiger partial charge in [-0.25, -0.2) is 0 Å². The fourth-order valence-electron chi connectivity index (χ4n) is 3.33. The average molecular weight is 408 g/mol. The maximum absolute atomic E-state index is 4.37. The van der Waals surface area contributed by atoms with Gasteiger partial charge in [0, 0.05) is 20.1 Å². The van der Waals surface area contributed by atoms with Crippen molar-refractivity contribution in [2.45, 2.75) is 45.4 Å². The highest BCUT2D eigenvalue weighted by Gasteiger charge is 2.34. The van der Waals surface area contributed by atoms with Gasteiger partial charge in [0.15, 0.2) is 5.96 Å². The van der Waals surface area contributed by atoms with Crippen LogP contribution in [0.3, 0.4) is 0 Å². The number of nitrogens with zero attached hydrogens (tertiary/aromatic N) is 2. The number of likely N-dealkylation sites (tertiary alicyclic amines) is 1. The lowest BCUT2D eigenvalue weighted by Crippen LogP contribution is -2.47. The molecule has 0 bridgehead atoms. The summed E-state index contributed by atoms with van der Waals surface area (Å²) in [5.41, 5.74) is 0.547. The molecule has 124 valence electrons. The first-order valence-corrected chi connectivity index (χ1v) is 8.30. The first-order valence-electron chi connectivity index (χ1n) is 8.30. The molecular formula is C16H33IN4. The van der Waals surface area contributed by atoms with Crippen LogP contribution in [0.4, 0.5) is 0 Å². The fraction of sp³-hybridized carbons (Fsp3) is 0.938. The molecule has 2 rings (SSSR count). The van der Waals surface area contributed by atoms with Gasteiger partial charge in [0.25, 0.3) is 0 Å². The molecule has 1 saturated carbocycles. The van der Waals surface area contributed by atoms with E-state index in [-0.39, 0.29) is 24.0 Å². The molecule has 1 saturated heterocycles. The number of halogens is 1. The average Bonchev–Trinajstić information content (AvgIpc) is 2.43. The van der Waals surface area contributed by atoms with Crippen molar-refractivity contribution in [1.82, 2.24) is 15.5 Å². The Morgan fingerprint density at radius 3 is 2.38 bits per heavy atom.